The lowest BCUT2D eigenvalue weighted by molar-refractivity contribution is -0.146. The maximum atomic E-state index is 13.6. The molecule has 0 bridgehead atoms. The van der Waals surface area contributed by atoms with Crippen molar-refractivity contribution in [2.75, 3.05) is 25.6 Å². The highest BCUT2D eigenvalue weighted by Crippen LogP contribution is 2.47. The van der Waals surface area contributed by atoms with E-state index in [1.807, 2.05) is 81.4 Å². The fraction of sp³-hybridized carbons (Fsp3) is 0.393. The van der Waals surface area contributed by atoms with Crippen LogP contribution in [0.25, 0.3) is 0 Å². The number of nitrogens with zero attached hydrogens (tertiary/aromatic N) is 2. The molecule has 2 aromatic rings. The van der Waals surface area contributed by atoms with Gasteiger partial charge in [-0.2, -0.15) is 0 Å². The third kappa shape index (κ3) is 4.80. The van der Waals surface area contributed by atoms with Crippen LogP contribution in [0.5, 0.6) is 0 Å². The van der Waals surface area contributed by atoms with Crippen LogP contribution >= 0.6 is 11.6 Å². The van der Waals surface area contributed by atoms with E-state index in [1.165, 1.54) is 0 Å². The van der Waals surface area contributed by atoms with Crippen molar-refractivity contribution in [3.8, 4) is 0 Å². The maximum absolute atomic E-state index is 13.6. The molecule has 1 unspecified atom stereocenters. The Labute approximate surface area is 206 Å². The highest BCUT2D eigenvalue weighted by Gasteiger charge is 2.44. The lowest BCUT2D eigenvalue weighted by atomic mass is 9.69. The Morgan fingerprint density at radius 3 is 2.32 bits per heavy atom. The maximum Gasteiger partial charge on any atom is 0.315 e. The number of esters is 1. The van der Waals surface area contributed by atoms with Gasteiger partial charge in [0.1, 0.15) is 5.92 Å². The fourth-order valence-corrected chi connectivity index (χ4v) is 5.09. The molecule has 0 radical (unpaired) electrons. The van der Waals surface area contributed by atoms with Gasteiger partial charge in [-0.05, 0) is 61.1 Å². The zero-order chi connectivity index (χ0) is 24.4. The smallest absolute Gasteiger partial charge is 0.315 e. The molecule has 2 aliphatic rings. The minimum Gasteiger partial charge on any atom is -0.465 e. The summed E-state index contributed by atoms with van der Waals surface area (Å²) in [4.78, 5) is 33.6. The van der Waals surface area contributed by atoms with Gasteiger partial charge in [-0.15, -0.1) is 0 Å². The summed E-state index contributed by atoms with van der Waals surface area (Å²) in [6.45, 7) is 4.20. The van der Waals surface area contributed by atoms with Crippen LogP contribution in [0.4, 0.5) is 5.69 Å². The van der Waals surface area contributed by atoms with E-state index in [1.54, 1.807) is 0 Å². The lowest BCUT2D eigenvalue weighted by Gasteiger charge is -2.36. The van der Waals surface area contributed by atoms with Crippen LogP contribution in [0.1, 0.15) is 56.1 Å². The number of rotatable bonds is 6. The summed E-state index contributed by atoms with van der Waals surface area (Å²) in [6, 6.07) is 15.7. The topological polar surface area (TPSA) is 59.0 Å². The number of halogens is 1. The van der Waals surface area contributed by atoms with Gasteiger partial charge in [0, 0.05) is 54.1 Å². The predicted molar refractivity (Wildman–Crippen MR) is 137 cm³/mol. The second-order valence-corrected chi connectivity index (χ2v) is 9.74. The Kier molecular flexibility index (Phi) is 7.22. The molecule has 0 saturated heterocycles. The first-order chi connectivity index (χ1) is 16.3. The number of benzene rings is 2. The quantitative estimate of drug-likeness (QED) is 0.482. The molecule has 1 aliphatic heterocycles. The molecule has 0 N–H and O–H groups in total. The summed E-state index contributed by atoms with van der Waals surface area (Å²) in [5, 5.41) is 0.673. The molecule has 34 heavy (non-hydrogen) atoms. The zero-order valence-corrected chi connectivity index (χ0v) is 20.9. The van der Waals surface area contributed by atoms with Gasteiger partial charge in [0.05, 0.1) is 6.61 Å². The average molecular weight is 479 g/mol. The van der Waals surface area contributed by atoms with Crippen LogP contribution < -0.4 is 4.90 Å². The minimum atomic E-state index is -0.605. The number of aliphatic imine (C=N–C) groups is 1. The van der Waals surface area contributed by atoms with Gasteiger partial charge < -0.3 is 9.64 Å². The molecule has 178 valence electrons. The molecule has 0 aromatic heterocycles. The molecule has 4 rings (SSSR count). The van der Waals surface area contributed by atoms with E-state index in [0.29, 0.717) is 35.8 Å². The van der Waals surface area contributed by atoms with Crippen molar-refractivity contribution < 1.29 is 14.3 Å². The van der Waals surface area contributed by atoms with Crippen LogP contribution in [0.3, 0.4) is 0 Å². The van der Waals surface area contributed by atoms with Gasteiger partial charge in [-0.3, -0.25) is 14.6 Å². The Morgan fingerprint density at radius 2 is 1.71 bits per heavy atom. The Hall–Kier alpha value is -2.92. The predicted octanol–water partition coefficient (Wildman–Crippen LogP) is 5.93. The third-order valence-electron chi connectivity index (χ3n) is 6.70. The monoisotopic (exact) mass is 478 g/mol. The summed E-state index contributed by atoms with van der Waals surface area (Å²) < 4.78 is 5.56. The summed E-state index contributed by atoms with van der Waals surface area (Å²) >= 11 is 6.06. The fourth-order valence-electron chi connectivity index (χ4n) is 4.97. The van der Waals surface area contributed by atoms with Crippen molar-refractivity contribution in [3.63, 3.8) is 0 Å². The standard InChI is InChI=1S/C28H31ClN2O3/c1-5-14-34-28(33)25-17(2)30-23-15-20(18-6-10-21(29)11-7-18)16-24(32)27(23)26(25)19-8-12-22(13-9-19)31(3)4/h6-13,20,25-26H,5,14-16H2,1-4H3/t20-,25?,26-/m0/s1. The molecule has 2 aromatic carbocycles. The van der Waals surface area contributed by atoms with Crippen molar-refractivity contribution in [3.05, 3.63) is 76.0 Å². The number of anilines is 1. The highest BCUT2D eigenvalue weighted by molar-refractivity contribution is 6.30. The van der Waals surface area contributed by atoms with Gasteiger partial charge in [0.15, 0.2) is 5.78 Å². The molecule has 0 spiro atoms. The average Bonchev–Trinajstić information content (AvgIpc) is 2.82. The largest absolute Gasteiger partial charge is 0.465 e. The molecule has 3 atom stereocenters. The molecule has 0 saturated carbocycles. The van der Waals surface area contributed by atoms with E-state index in [4.69, 9.17) is 21.3 Å². The van der Waals surface area contributed by atoms with E-state index in [2.05, 4.69) is 0 Å². The molecule has 1 heterocycles. The Bertz CT molecular complexity index is 1130. The minimum absolute atomic E-state index is 0.0421. The van der Waals surface area contributed by atoms with E-state index < -0.39 is 11.8 Å². The van der Waals surface area contributed by atoms with Crippen molar-refractivity contribution in [2.45, 2.75) is 44.9 Å². The summed E-state index contributed by atoms with van der Waals surface area (Å²) in [5.41, 5.74) is 5.22. The normalized spacial score (nSPS) is 22.2. The molecule has 1 aliphatic carbocycles. The van der Waals surface area contributed by atoms with Gasteiger partial charge in [0.25, 0.3) is 0 Å². The van der Waals surface area contributed by atoms with Crippen LogP contribution in [-0.4, -0.2) is 38.2 Å². The summed E-state index contributed by atoms with van der Waals surface area (Å²) in [6.07, 6.45) is 1.79. The molecule has 0 fully saturated rings. The van der Waals surface area contributed by atoms with Crippen molar-refractivity contribution in [1.82, 2.24) is 0 Å². The van der Waals surface area contributed by atoms with Gasteiger partial charge in [-0.1, -0.05) is 42.8 Å². The number of carbonyl (C=O) groups is 2. The van der Waals surface area contributed by atoms with Gasteiger partial charge >= 0.3 is 5.97 Å². The number of allylic oxidation sites excluding steroid dienone is 2. The lowest BCUT2D eigenvalue weighted by Crippen LogP contribution is -2.38. The molecule has 6 heteroatoms. The summed E-state index contributed by atoms with van der Waals surface area (Å²) in [7, 11) is 3.97. The van der Waals surface area contributed by atoms with Crippen LogP contribution in [0.15, 0.2) is 64.8 Å². The van der Waals surface area contributed by atoms with Gasteiger partial charge in [-0.25, -0.2) is 0 Å². The number of carbonyl (C=O) groups excluding carboxylic acids is 2. The zero-order valence-electron chi connectivity index (χ0n) is 20.2. The Balaban J connectivity index is 1.76. The molecule has 0 amide bonds. The van der Waals surface area contributed by atoms with E-state index in [-0.39, 0.29) is 17.7 Å². The van der Waals surface area contributed by atoms with Crippen LogP contribution in [0.2, 0.25) is 5.02 Å². The second-order valence-electron chi connectivity index (χ2n) is 9.30. The first kappa shape index (κ1) is 24.2. The Morgan fingerprint density at radius 1 is 1.06 bits per heavy atom. The number of ketones is 1. The van der Waals surface area contributed by atoms with Gasteiger partial charge in [0.2, 0.25) is 0 Å². The van der Waals surface area contributed by atoms with Crippen LogP contribution in [-0.2, 0) is 14.3 Å². The van der Waals surface area contributed by atoms with E-state index >= 15 is 0 Å². The summed E-state index contributed by atoms with van der Waals surface area (Å²) in [5.74, 6) is -1.23. The number of Topliss-reactive ketones (excluding diaryl/α,β-unsaturated/α-hetero) is 1. The number of hydrogen-bond acceptors (Lipinski definition) is 5. The SMILES string of the molecule is CCCOC(=O)C1C(C)=NC2=C(C(=O)C[C@@H](c3ccc(Cl)cc3)C2)[C@H]1c1ccc(N(C)C)cc1. The van der Waals surface area contributed by atoms with Crippen molar-refractivity contribution in [2.24, 2.45) is 10.9 Å². The molecule has 5 nitrogen and oxygen atoms in total. The second kappa shape index (κ2) is 10.1. The van der Waals surface area contributed by atoms with Crippen LogP contribution in [0, 0.1) is 5.92 Å². The van der Waals surface area contributed by atoms with Crippen molar-refractivity contribution >= 4 is 34.8 Å². The van der Waals surface area contributed by atoms with Crippen molar-refractivity contribution in [1.29, 1.82) is 0 Å². The first-order valence-corrected chi connectivity index (χ1v) is 12.2. The third-order valence-corrected chi connectivity index (χ3v) is 6.95. The van der Waals surface area contributed by atoms with E-state index in [9.17, 15) is 9.59 Å². The number of ether oxygens (including phenoxy) is 1. The van der Waals surface area contributed by atoms with E-state index in [0.717, 1.165) is 28.9 Å². The first-order valence-electron chi connectivity index (χ1n) is 11.8. The molecular weight excluding hydrogens is 448 g/mol. The highest BCUT2D eigenvalue weighted by atomic mass is 35.5. The molecular formula is C28H31ClN2O3. The number of hydrogen-bond donors (Lipinski definition) is 0.